The van der Waals surface area contributed by atoms with Crippen LogP contribution in [-0.2, 0) is 17.8 Å². The molecular formula is C23H26F2N2O4. The number of hydrogen-bond acceptors (Lipinski definition) is 4. The lowest BCUT2D eigenvalue weighted by atomic mass is 10.1. The van der Waals surface area contributed by atoms with E-state index in [0.717, 1.165) is 31.4 Å². The van der Waals surface area contributed by atoms with Crippen molar-refractivity contribution >= 4 is 12.2 Å². The van der Waals surface area contributed by atoms with Crippen LogP contribution in [0.5, 0.6) is 0 Å². The van der Waals surface area contributed by atoms with E-state index in [0.29, 0.717) is 25.4 Å². The summed E-state index contributed by atoms with van der Waals surface area (Å²) in [6.45, 7) is 4.12. The molecule has 1 aliphatic rings. The maximum absolute atomic E-state index is 13.8. The number of nitrogens with one attached hydrogen (secondary N) is 1. The molecule has 1 aliphatic carbocycles. The van der Waals surface area contributed by atoms with Gasteiger partial charge in [0.25, 0.3) is 5.91 Å². The van der Waals surface area contributed by atoms with Crippen molar-refractivity contribution in [1.29, 1.82) is 0 Å². The zero-order valence-corrected chi connectivity index (χ0v) is 17.6. The second-order valence-electron chi connectivity index (χ2n) is 8.02. The van der Waals surface area contributed by atoms with Gasteiger partial charge in [0, 0.05) is 36.5 Å². The molecule has 166 valence electrons. The summed E-state index contributed by atoms with van der Waals surface area (Å²) >= 11 is 0. The second-order valence-corrected chi connectivity index (χ2v) is 8.02. The Morgan fingerprint density at radius 3 is 2.74 bits per heavy atom. The van der Waals surface area contributed by atoms with Crippen LogP contribution in [-0.4, -0.2) is 29.5 Å². The molecule has 1 amide bonds. The van der Waals surface area contributed by atoms with Crippen LogP contribution in [0.15, 0.2) is 29.2 Å². The molecule has 0 bridgehead atoms. The number of pyridine rings is 1. The van der Waals surface area contributed by atoms with Crippen LogP contribution >= 0.6 is 0 Å². The standard InChI is InChI=1S/C23H26F2N2O4/c1-14-3-6-18(9-14)31-8-7-27-12-19(22(29)15(2)21(27)13-28)23(30)26-11-16-4-5-17(24)10-20(16)25/h4-5,10,12-14,18H,3,6-9,11H2,1-2H3,(H,26,30)/t14-,18+/m0/s1. The number of carbonyl (C=O) groups is 2. The average Bonchev–Trinajstić information content (AvgIpc) is 3.14. The summed E-state index contributed by atoms with van der Waals surface area (Å²) in [4.78, 5) is 36.7. The van der Waals surface area contributed by atoms with Crippen molar-refractivity contribution in [2.45, 2.75) is 52.3 Å². The van der Waals surface area contributed by atoms with Gasteiger partial charge in [0.05, 0.1) is 18.4 Å². The van der Waals surface area contributed by atoms with E-state index in [4.69, 9.17) is 4.74 Å². The van der Waals surface area contributed by atoms with E-state index in [2.05, 4.69) is 12.2 Å². The Hall–Kier alpha value is -2.87. The van der Waals surface area contributed by atoms with E-state index < -0.39 is 23.0 Å². The van der Waals surface area contributed by atoms with Crippen LogP contribution < -0.4 is 10.7 Å². The van der Waals surface area contributed by atoms with Crippen LogP contribution in [0.2, 0.25) is 0 Å². The summed E-state index contributed by atoms with van der Waals surface area (Å²) in [5, 5.41) is 2.48. The SMILES string of the molecule is Cc1c(C=O)n(CCO[C@@H]2CC[C@H](C)C2)cc(C(=O)NCc2ccc(F)cc2F)c1=O. The molecule has 1 N–H and O–H groups in total. The summed E-state index contributed by atoms with van der Waals surface area (Å²) in [6, 6.07) is 3.04. The van der Waals surface area contributed by atoms with E-state index in [-0.39, 0.29) is 35.0 Å². The number of carbonyl (C=O) groups excluding carboxylic acids is 2. The van der Waals surface area contributed by atoms with E-state index in [1.807, 2.05) is 0 Å². The molecule has 8 heteroatoms. The van der Waals surface area contributed by atoms with Gasteiger partial charge in [0.1, 0.15) is 17.2 Å². The minimum absolute atomic E-state index is 0.0931. The van der Waals surface area contributed by atoms with Crippen molar-refractivity contribution in [3.05, 3.63) is 68.6 Å². The Bertz CT molecular complexity index is 1030. The molecule has 0 unspecified atom stereocenters. The fourth-order valence-corrected chi connectivity index (χ4v) is 3.88. The van der Waals surface area contributed by atoms with Gasteiger partial charge in [-0.3, -0.25) is 14.4 Å². The first-order chi connectivity index (χ1) is 14.8. The molecule has 0 aliphatic heterocycles. The molecule has 1 saturated carbocycles. The number of halogens is 2. The van der Waals surface area contributed by atoms with Gasteiger partial charge in [-0.2, -0.15) is 0 Å². The highest BCUT2D eigenvalue weighted by molar-refractivity contribution is 5.94. The molecular weight excluding hydrogens is 406 g/mol. The molecule has 0 radical (unpaired) electrons. The summed E-state index contributed by atoms with van der Waals surface area (Å²) in [6.07, 6.45) is 5.22. The van der Waals surface area contributed by atoms with Crippen molar-refractivity contribution in [3.63, 3.8) is 0 Å². The second kappa shape index (κ2) is 9.96. The lowest BCUT2D eigenvalue weighted by molar-refractivity contribution is 0.0503. The molecule has 1 fully saturated rings. The van der Waals surface area contributed by atoms with Gasteiger partial charge < -0.3 is 14.6 Å². The minimum Gasteiger partial charge on any atom is -0.376 e. The molecule has 1 aromatic carbocycles. The third-order valence-corrected chi connectivity index (χ3v) is 5.71. The molecule has 6 nitrogen and oxygen atoms in total. The Kier molecular flexibility index (Phi) is 7.33. The van der Waals surface area contributed by atoms with Crippen LogP contribution in [0, 0.1) is 24.5 Å². The number of hydrogen-bond donors (Lipinski definition) is 1. The Morgan fingerprint density at radius 2 is 2.10 bits per heavy atom. The molecule has 2 aromatic rings. The van der Waals surface area contributed by atoms with Crippen LogP contribution in [0.1, 0.15) is 58.2 Å². The number of aromatic nitrogens is 1. The van der Waals surface area contributed by atoms with Crippen molar-refractivity contribution in [3.8, 4) is 0 Å². The van der Waals surface area contributed by atoms with Gasteiger partial charge in [0.15, 0.2) is 11.7 Å². The highest BCUT2D eigenvalue weighted by atomic mass is 19.1. The lowest BCUT2D eigenvalue weighted by Gasteiger charge is -2.16. The fourth-order valence-electron chi connectivity index (χ4n) is 3.88. The van der Waals surface area contributed by atoms with Crippen molar-refractivity contribution < 1.29 is 23.1 Å². The van der Waals surface area contributed by atoms with Gasteiger partial charge in [0.2, 0.25) is 0 Å². The first-order valence-electron chi connectivity index (χ1n) is 10.3. The van der Waals surface area contributed by atoms with Gasteiger partial charge >= 0.3 is 0 Å². The highest BCUT2D eigenvalue weighted by Crippen LogP contribution is 2.27. The topological polar surface area (TPSA) is 77.4 Å². The summed E-state index contributed by atoms with van der Waals surface area (Å²) in [5.74, 6) is -1.58. The Labute approximate surface area is 179 Å². The van der Waals surface area contributed by atoms with Crippen LogP contribution in [0.4, 0.5) is 8.78 Å². The third kappa shape index (κ3) is 5.44. The highest BCUT2D eigenvalue weighted by Gasteiger charge is 2.22. The predicted molar refractivity (Wildman–Crippen MR) is 111 cm³/mol. The maximum Gasteiger partial charge on any atom is 0.257 e. The first-order valence-corrected chi connectivity index (χ1v) is 10.3. The smallest absolute Gasteiger partial charge is 0.257 e. The summed E-state index contributed by atoms with van der Waals surface area (Å²) in [7, 11) is 0. The molecule has 1 aromatic heterocycles. The molecule has 0 spiro atoms. The fraction of sp³-hybridized carbons (Fsp3) is 0.435. The van der Waals surface area contributed by atoms with Crippen LogP contribution in [0.25, 0.3) is 0 Å². The zero-order valence-electron chi connectivity index (χ0n) is 17.6. The molecule has 2 atom stereocenters. The Balaban J connectivity index is 1.73. The van der Waals surface area contributed by atoms with Gasteiger partial charge in [-0.05, 0) is 38.2 Å². The van der Waals surface area contributed by atoms with E-state index in [1.165, 1.54) is 23.8 Å². The monoisotopic (exact) mass is 432 g/mol. The third-order valence-electron chi connectivity index (χ3n) is 5.71. The van der Waals surface area contributed by atoms with Crippen molar-refractivity contribution in [2.24, 2.45) is 5.92 Å². The average molecular weight is 432 g/mol. The van der Waals surface area contributed by atoms with E-state index in [1.54, 1.807) is 0 Å². The molecule has 3 rings (SSSR count). The number of amides is 1. The maximum atomic E-state index is 13.8. The first kappa shape index (κ1) is 22.8. The number of benzene rings is 1. The normalized spacial score (nSPS) is 18.2. The van der Waals surface area contributed by atoms with E-state index >= 15 is 0 Å². The van der Waals surface area contributed by atoms with Gasteiger partial charge in [-0.15, -0.1) is 0 Å². The summed E-state index contributed by atoms with van der Waals surface area (Å²) in [5.41, 5.74) is -0.281. The molecule has 0 saturated heterocycles. The Morgan fingerprint density at radius 1 is 1.32 bits per heavy atom. The molecule has 1 heterocycles. The number of nitrogens with zero attached hydrogens (tertiary/aromatic N) is 1. The quantitative estimate of drug-likeness (QED) is 0.649. The molecule has 31 heavy (non-hydrogen) atoms. The zero-order chi connectivity index (χ0) is 22.5. The van der Waals surface area contributed by atoms with Crippen molar-refractivity contribution in [1.82, 2.24) is 9.88 Å². The van der Waals surface area contributed by atoms with Gasteiger partial charge in [-0.1, -0.05) is 13.0 Å². The number of aldehydes is 1. The van der Waals surface area contributed by atoms with Crippen molar-refractivity contribution in [2.75, 3.05) is 6.61 Å². The van der Waals surface area contributed by atoms with Gasteiger partial charge in [-0.25, -0.2) is 8.78 Å². The predicted octanol–water partition coefficient (Wildman–Crippen LogP) is 3.38. The lowest BCUT2D eigenvalue weighted by Crippen LogP contribution is -2.32. The summed E-state index contributed by atoms with van der Waals surface area (Å²) < 4.78 is 34.3. The van der Waals surface area contributed by atoms with Crippen LogP contribution in [0.3, 0.4) is 0 Å². The van der Waals surface area contributed by atoms with E-state index in [9.17, 15) is 23.2 Å². The number of rotatable bonds is 8. The number of ether oxygens (including phenoxy) is 1. The minimum atomic E-state index is -0.788. The largest absolute Gasteiger partial charge is 0.376 e.